The molecule has 0 heterocycles. The molecule has 156 valence electrons. The number of carboxylic acids is 1. The zero-order chi connectivity index (χ0) is 20.7. The summed E-state index contributed by atoms with van der Waals surface area (Å²) in [5, 5.41) is 9.21. The molecule has 28 heavy (non-hydrogen) atoms. The predicted octanol–water partition coefficient (Wildman–Crippen LogP) is 6.39. The predicted molar refractivity (Wildman–Crippen MR) is 116 cm³/mol. The van der Waals surface area contributed by atoms with E-state index in [2.05, 4.69) is 18.8 Å². The molecule has 0 aliphatic heterocycles. The third-order valence-corrected chi connectivity index (χ3v) is 4.97. The van der Waals surface area contributed by atoms with Gasteiger partial charge in [0.15, 0.2) is 0 Å². The minimum Gasteiger partial charge on any atom is -0.481 e. The van der Waals surface area contributed by atoms with Gasteiger partial charge in [0, 0.05) is 6.42 Å². The van der Waals surface area contributed by atoms with Gasteiger partial charge < -0.3 is 9.84 Å². The second-order valence-corrected chi connectivity index (χ2v) is 8.25. The zero-order valence-electron chi connectivity index (χ0n) is 18.1. The Bertz CT molecular complexity index is 605. The van der Waals surface area contributed by atoms with E-state index in [1.165, 1.54) is 51.4 Å². The number of carboxylic acid groups (broad SMARTS) is 1. The van der Waals surface area contributed by atoms with E-state index in [1.54, 1.807) is 13.8 Å². The molecule has 0 atom stereocenters. The summed E-state index contributed by atoms with van der Waals surface area (Å²) in [6.07, 6.45) is 12.1. The van der Waals surface area contributed by atoms with E-state index in [-0.39, 0.29) is 0 Å². The summed E-state index contributed by atoms with van der Waals surface area (Å²) in [5.74, 6) is 5.52. The van der Waals surface area contributed by atoms with Crippen molar-refractivity contribution >= 4 is 5.97 Å². The lowest BCUT2D eigenvalue weighted by Crippen LogP contribution is -2.26. The van der Waals surface area contributed by atoms with E-state index < -0.39 is 11.4 Å². The van der Waals surface area contributed by atoms with E-state index in [0.717, 1.165) is 17.5 Å². The summed E-state index contributed by atoms with van der Waals surface area (Å²) in [6, 6.07) is 7.97. The van der Waals surface area contributed by atoms with E-state index in [9.17, 15) is 9.90 Å². The maximum Gasteiger partial charge on any atom is 0.309 e. The number of ether oxygens (including phenoxy) is 1. The lowest BCUT2D eigenvalue weighted by molar-refractivity contribution is -0.146. The first-order chi connectivity index (χ1) is 13.5. The Morgan fingerprint density at radius 2 is 1.50 bits per heavy atom. The zero-order valence-corrected chi connectivity index (χ0v) is 18.1. The number of hydrogen-bond acceptors (Lipinski definition) is 2. The van der Waals surface area contributed by atoms with Crippen LogP contribution in [0.15, 0.2) is 24.3 Å². The fourth-order valence-electron chi connectivity index (χ4n) is 3.05. The molecular weight excluding hydrogens is 348 g/mol. The highest BCUT2D eigenvalue weighted by atomic mass is 16.5. The maximum absolute atomic E-state index is 11.2. The minimum atomic E-state index is -0.773. The molecule has 0 fully saturated rings. The van der Waals surface area contributed by atoms with Crippen molar-refractivity contribution < 1.29 is 14.6 Å². The quantitative estimate of drug-likeness (QED) is 0.298. The third-order valence-electron chi connectivity index (χ3n) is 4.97. The first-order valence-corrected chi connectivity index (χ1v) is 10.8. The van der Waals surface area contributed by atoms with Crippen LogP contribution >= 0.6 is 0 Å². The Balaban J connectivity index is 2.11. The van der Waals surface area contributed by atoms with Crippen molar-refractivity contribution in [3.05, 3.63) is 35.4 Å². The van der Waals surface area contributed by atoms with Crippen molar-refractivity contribution in [3.8, 4) is 11.8 Å². The number of benzene rings is 1. The summed E-state index contributed by atoms with van der Waals surface area (Å²) >= 11 is 0. The Morgan fingerprint density at radius 3 is 2.11 bits per heavy atom. The van der Waals surface area contributed by atoms with E-state index in [0.29, 0.717) is 19.6 Å². The molecule has 0 aliphatic carbocycles. The standard InChI is InChI=1S/C25H38O3/c1-4-5-6-7-8-9-10-11-12-13-14-19-28-21-23-17-15-22(16-18-23)20-25(2,3)24(26)27/h15-18H,4-12,19-21H2,1-3H3,(H,26,27). The first-order valence-electron chi connectivity index (χ1n) is 10.8. The largest absolute Gasteiger partial charge is 0.481 e. The van der Waals surface area contributed by atoms with Gasteiger partial charge in [-0.05, 0) is 37.8 Å². The van der Waals surface area contributed by atoms with Gasteiger partial charge in [-0.2, -0.15) is 0 Å². The molecule has 0 aromatic heterocycles. The lowest BCUT2D eigenvalue weighted by atomic mass is 9.86. The third kappa shape index (κ3) is 11.1. The molecular formula is C25H38O3. The van der Waals surface area contributed by atoms with Gasteiger partial charge in [0.2, 0.25) is 0 Å². The molecule has 1 aromatic rings. The van der Waals surface area contributed by atoms with Crippen LogP contribution in [0.25, 0.3) is 0 Å². The number of rotatable bonds is 14. The van der Waals surface area contributed by atoms with Crippen molar-refractivity contribution in [2.75, 3.05) is 6.61 Å². The highest BCUT2D eigenvalue weighted by molar-refractivity contribution is 5.74. The Hall–Kier alpha value is -1.79. The van der Waals surface area contributed by atoms with Crippen molar-refractivity contribution in [3.63, 3.8) is 0 Å². The second-order valence-electron chi connectivity index (χ2n) is 8.25. The summed E-state index contributed by atoms with van der Waals surface area (Å²) < 4.78 is 5.61. The van der Waals surface area contributed by atoms with E-state index >= 15 is 0 Å². The SMILES string of the molecule is CCCCCCCCCCC#CCOCc1ccc(CC(C)(C)C(=O)O)cc1. The molecule has 0 spiro atoms. The summed E-state index contributed by atoms with van der Waals surface area (Å²) in [7, 11) is 0. The second kappa shape index (κ2) is 14.2. The average Bonchev–Trinajstić information content (AvgIpc) is 2.66. The van der Waals surface area contributed by atoms with Crippen molar-refractivity contribution in [1.29, 1.82) is 0 Å². The molecule has 0 radical (unpaired) electrons. The van der Waals surface area contributed by atoms with Crippen molar-refractivity contribution in [2.24, 2.45) is 5.41 Å². The molecule has 3 nitrogen and oxygen atoms in total. The monoisotopic (exact) mass is 386 g/mol. The van der Waals surface area contributed by atoms with E-state index in [1.807, 2.05) is 24.3 Å². The van der Waals surface area contributed by atoms with Crippen LogP contribution < -0.4 is 0 Å². The van der Waals surface area contributed by atoms with Crippen LogP contribution in [-0.4, -0.2) is 17.7 Å². The fraction of sp³-hybridized carbons (Fsp3) is 0.640. The molecule has 0 amide bonds. The van der Waals surface area contributed by atoms with Gasteiger partial charge in [-0.15, -0.1) is 5.92 Å². The van der Waals surface area contributed by atoms with Crippen LogP contribution in [0.1, 0.15) is 89.7 Å². The number of aliphatic carboxylic acids is 1. The topological polar surface area (TPSA) is 46.5 Å². The number of unbranched alkanes of at least 4 members (excludes halogenated alkanes) is 8. The smallest absolute Gasteiger partial charge is 0.309 e. The molecule has 1 N–H and O–H groups in total. The molecule has 0 saturated heterocycles. The highest BCUT2D eigenvalue weighted by Gasteiger charge is 2.27. The lowest BCUT2D eigenvalue weighted by Gasteiger charge is -2.19. The molecule has 3 heteroatoms. The van der Waals surface area contributed by atoms with Gasteiger partial charge in [-0.3, -0.25) is 4.79 Å². The average molecular weight is 387 g/mol. The van der Waals surface area contributed by atoms with Gasteiger partial charge in [0.25, 0.3) is 0 Å². The van der Waals surface area contributed by atoms with Crippen LogP contribution in [0.2, 0.25) is 0 Å². The fourth-order valence-corrected chi connectivity index (χ4v) is 3.05. The van der Waals surface area contributed by atoms with Crippen LogP contribution in [0.5, 0.6) is 0 Å². The summed E-state index contributed by atoms with van der Waals surface area (Å²) in [5.41, 5.74) is 1.37. The highest BCUT2D eigenvalue weighted by Crippen LogP contribution is 2.22. The summed E-state index contributed by atoms with van der Waals surface area (Å²) in [4.78, 5) is 11.2. The van der Waals surface area contributed by atoms with Crippen LogP contribution in [0, 0.1) is 17.3 Å². The van der Waals surface area contributed by atoms with Crippen LogP contribution in [0.3, 0.4) is 0 Å². The maximum atomic E-state index is 11.2. The molecule has 0 saturated carbocycles. The minimum absolute atomic E-state index is 0.463. The van der Waals surface area contributed by atoms with Crippen molar-refractivity contribution in [2.45, 2.75) is 91.6 Å². The molecule has 1 aromatic carbocycles. The first kappa shape index (κ1) is 24.2. The van der Waals surface area contributed by atoms with Gasteiger partial charge in [0.05, 0.1) is 12.0 Å². The molecule has 0 aliphatic rings. The van der Waals surface area contributed by atoms with E-state index in [4.69, 9.17) is 4.74 Å². The summed E-state index contributed by atoms with van der Waals surface area (Å²) in [6.45, 7) is 6.75. The molecule has 0 bridgehead atoms. The Morgan fingerprint density at radius 1 is 0.929 bits per heavy atom. The number of carbonyl (C=O) groups is 1. The van der Waals surface area contributed by atoms with Gasteiger partial charge in [-0.1, -0.05) is 82.1 Å². The molecule has 0 unspecified atom stereocenters. The Labute approximate surface area is 171 Å². The Kier molecular flexibility index (Phi) is 12.3. The number of hydrogen-bond donors (Lipinski definition) is 1. The normalized spacial score (nSPS) is 11.1. The van der Waals surface area contributed by atoms with Gasteiger partial charge in [0.1, 0.15) is 6.61 Å². The van der Waals surface area contributed by atoms with Crippen LogP contribution in [-0.2, 0) is 22.6 Å². The molecule has 1 rings (SSSR count). The van der Waals surface area contributed by atoms with Gasteiger partial charge in [-0.25, -0.2) is 0 Å². The van der Waals surface area contributed by atoms with Gasteiger partial charge >= 0.3 is 5.97 Å². The van der Waals surface area contributed by atoms with Crippen LogP contribution in [0.4, 0.5) is 0 Å². The van der Waals surface area contributed by atoms with Crippen molar-refractivity contribution in [1.82, 2.24) is 0 Å².